The molecule has 0 amide bonds. The van der Waals surface area contributed by atoms with E-state index < -0.39 is 35.6 Å². The number of nitrogens with zero attached hydrogens (tertiary/aromatic N) is 1. The van der Waals surface area contributed by atoms with Crippen molar-refractivity contribution in [2.75, 3.05) is 0 Å². The highest BCUT2D eigenvalue weighted by atomic mass is 32.1. The summed E-state index contributed by atoms with van der Waals surface area (Å²) in [5, 5.41) is 25.0. The van der Waals surface area contributed by atoms with Gasteiger partial charge in [-0.2, -0.15) is 0 Å². The molecule has 2 saturated heterocycles. The van der Waals surface area contributed by atoms with Gasteiger partial charge in [0.1, 0.15) is 11.9 Å². The molecule has 1 aromatic rings. The van der Waals surface area contributed by atoms with E-state index in [0.29, 0.717) is 19.3 Å². The molecule has 3 fully saturated rings. The smallest absolute Gasteiger partial charge is 0.309 e. The summed E-state index contributed by atoms with van der Waals surface area (Å²) in [5.41, 5.74) is 0.438. The van der Waals surface area contributed by atoms with Crippen LogP contribution in [0.3, 0.4) is 0 Å². The Labute approximate surface area is 218 Å². The number of thiazole rings is 1. The molecule has 3 aliphatic rings. The molecule has 2 aliphatic heterocycles. The average Bonchev–Trinajstić information content (AvgIpc) is 3.22. The van der Waals surface area contributed by atoms with Gasteiger partial charge in [-0.15, -0.1) is 11.3 Å². The monoisotopic (exact) mass is 519 g/mol. The molecule has 8 heteroatoms. The van der Waals surface area contributed by atoms with Crippen molar-refractivity contribution in [3.63, 3.8) is 0 Å². The molecule has 200 valence electrons. The van der Waals surface area contributed by atoms with Gasteiger partial charge in [0.15, 0.2) is 0 Å². The van der Waals surface area contributed by atoms with Gasteiger partial charge in [-0.3, -0.25) is 9.59 Å². The molecule has 2 N–H and O–H groups in total. The quantitative estimate of drug-likeness (QED) is 0.433. The first-order chi connectivity index (χ1) is 16.9. The van der Waals surface area contributed by atoms with Crippen molar-refractivity contribution < 1.29 is 29.3 Å². The van der Waals surface area contributed by atoms with Crippen LogP contribution in [0.5, 0.6) is 0 Å². The van der Waals surface area contributed by atoms with Crippen LogP contribution in [0, 0.1) is 24.2 Å². The fourth-order valence-electron chi connectivity index (χ4n) is 6.01. The highest BCUT2D eigenvalue weighted by molar-refractivity contribution is 7.09. The van der Waals surface area contributed by atoms with Gasteiger partial charge in [0.2, 0.25) is 0 Å². The third-order valence-corrected chi connectivity index (χ3v) is 9.63. The lowest BCUT2D eigenvalue weighted by molar-refractivity contribution is -0.161. The van der Waals surface area contributed by atoms with E-state index in [2.05, 4.69) is 11.9 Å². The summed E-state index contributed by atoms with van der Waals surface area (Å²) in [6.45, 7) is 9.70. The van der Waals surface area contributed by atoms with Gasteiger partial charge in [-0.25, -0.2) is 4.98 Å². The van der Waals surface area contributed by atoms with Gasteiger partial charge in [0.25, 0.3) is 0 Å². The largest absolute Gasteiger partial charge is 0.458 e. The number of hydrogen-bond donors (Lipinski definition) is 2. The molecule has 1 spiro atoms. The molecule has 1 unspecified atom stereocenters. The fourth-order valence-corrected chi connectivity index (χ4v) is 6.58. The van der Waals surface area contributed by atoms with Gasteiger partial charge in [0.05, 0.1) is 46.5 Å². The van der Waals surface area contributed by atoms with Gasteiger partial charge in [0, 0.05) is 17.7 Å². The maximum Gasteiger partial charge on any atom is 0.309 e. The summed E-state index contributed by atoms with van der Waals surface area (Å²) in [5.74, 6) is -1.30. The van der Waals surface area contributed by atoms with Crippen molar-refractivity contribution in [3.8, 4) is 0 Å². The molecule has 7 atom stereocenters. The number of carbonyl (C=O) groups is 2. The predicted molar refractivity (Wildman–Crippen MR) is 138 cm³/mol. The summed E-state index contributed by atoms with van der Waals surface area (Å²) in [6.07, 6.45) is 4.18. The molecular formula is C28H41NO6S. The summed E-state index contributed by atoms with van der Waals surface area (Å²) in [4.78, 5) is 31.1. The minimum absolute atomic E-state index is 0.0349. The second-order valence-electron chi connectivity index (χ2n) is 11.6. The second-order valence-corrected chi connectivity index (χ2v) is 12.6. The number of epoxide rings is 1. The number of ketones is 1. The number of carbonyl (C=O) groups excluding carboxylic acids is 2. The van der Waals surface area contributed by atoms with Gasteiger partial charge in [-0.1, -0.05) is 26.7 Å². The fraction of sp³-hybridized carbons (Fsp3) is 0.750. The maximum atomic E-state index is 13.5. The SMILES string of the molecule is C/C(=C\c1csc(C)n1)[C@H]1CC2O[C@@]2(C)CCC[C@H](C)[C@@H](O)[C@H](C)C(=O)C2(CCC2)[C@@H](O)CC(=O)O1. The van der Waals surface area contributed by atoms with Gasteiger partial charge >= 0.3 is 5.97 Å². The van der Waals surface area contributed by atoms with Crippen LogP contribution in [-0.2, 0) is 19.1 Å². The molecule has 4 rings (SSSR count). The first-order valence-corrected chi connectivity index (χ1v) is 14.2. The molecule has 1 aliphatic carbocycles. The highest BCUT2D eigenvalue weighted by Gasteiger charge is 2.54. The summed E-state index contributed by atoms with van der Waals surface area (Å²) in [7, 11) is 0. The number of Topliss-reactive ketones (excluding diaryl/α,β-unsaturated/α-hetero) is 1. The van der Waals surface area contributed by atoms with Crippen LogP contribution in [0.25, 0.3) is 6.08 Å². The first-order valence-electron chi connectivity index (χ1n) is 13.3. The van der Waals surface area contributed by atoms with Crippen LogP contribution in [0.2, 0.25) is 0 Å². The topological polar surface area (TPSA) is 109 Å². The van der Waals surface area contributed by atoms with Crippen LogP contribution in [0.4, 0.5) is 0 Å². The van der Waals surface area contributed by atoms with Crippen LogP contribution < -0.4 is 0 Å². The predicted octanol–water partition coefficient (Wildman–Crippen LogP) is 4.62. The number of aliphatic hydroxyl groups is 2. The normalized spacial score (nSPS) is 38.2. The lowest BCUT2D eigenvalue weighted by atomic mass is 9.58. The Morgan fingerprint density at radius 1 is 1.19 bits per heavy atom. The third-order valence-electron chi connectivity index (χ3n) is 8.83. The van der Waals surface area contributed by atoms with Gasteiger partial charge < -0.3 is 19.7 Å². The molecule has 1 aromatic heterocycles. The Morgan fingerprint density at radius 3 is 2.53 bits per heavy atom. The molecule has 1 saturated carbocycles. The maximum absolute atomic E-state index is 13.5. The molecule has 3 heterocycles. The number of aromatic nitrogens is 1. The van der Waals surface area contributed by atoms with E-state index in [0.717, 1.165) is 42.0 Å². The molecule has 7 nitrogen and oxygen atoms in total. The number of rotatable bonds is 2. The van der Waals surface area contributed by atoms with E-state index in [1.807, 2.05) is 32.2 Å². The van der Waals surface area contributed by atoms with Crippen molar-refractivity contribution in [1.29, 1.82) is 0 Å². The minimum atomic E-state index is -1.13. The number of ether oxygens (including phenoxy) is 2. The average molecular weight is 520 g/mol. The first kappa shape index (κ1) is 27.4. The van der Waals surface area contributed by atoms with Crippen molar-refractivity contribution in [2.45, 2.75) is 116 Å². The van der Waals surface area contributed by atoms with Gasteiger partial charge in [-0.05, 0) is 64.0 Å². The lowest BCUT2D eigenvalue weighted by Gasteiger charge is -2.46. The number of aryl methyl sites for hydroxylation is 1. The number of cyclic esters (lactones) is 1. The third kappa shape index (κ3) is 5.62. The summed E-state index contributed by atoms with van der Waals surface area (Å²) < 4.78 is 12.0. The molecule has 0 bridgehead atoms. The van der Waals surface area contributed by atoms with Crippen LogP contribution >= 0.6 is 11.3 Å². The number of aliphatic hydroxyl groups excluding tert-OH is 2. The Morgan fingerprint density at radius 2 is 1.92 bits per heavy atom. The van der Waals surface area contributed by atoms with Crippen LogP contribution in [0.1, 0.15) is 89.8 Å². The van der Waals surface area contributed by atoms with Crippen molar-refractivity contribution >= 4 is 29.2 Å². The van der Waals surface area contributed by atoms with E-state index in [1.165, 1.54) is 0 Å². The lowest BCUT2D eigenvalue weighted by Crippen LogP contribution is -2.53. The van der Waals surface area contributed by atoms with E-state index in [4.69, 9.17) is 9.47 Å². The van der Waals surface area contributed by atoms with Crippen molar-refractivity contribution in [2.24, 2.45) is 17.3 Å². The summed E-state index contributed by atoms with van der Waals surface area (Å²) in [6, 6.07) is 0. The number of esters is 1. The zero-order valence-electron chi connectivity index (χ0n) is 22.2. The van der Waals surface area contributed by atoms with Crippen LogP contribution in [-0.4, -0.2) is 57.0 Å². The number of hydrogen-bond acceptors (Lipinski definition) is 8. The van der Waals surface area contributed by atoms with Crippen LogP contribution in [0.15, 0.2) is 11.0 Å². The summed E-state index contributed by atoms with van der Waals surface area (Å²) >= 11 is 1.57. The van der Waals surface area contributed by atoms with E-state index in [1.54, 1.807) is 18.3 Å². The van der Waals surface area contributed by atoms with E-state index >= 15 is 0 Å². The molecule has 0 aromatic carbocycles. The molecule has 36 heavy (non-hydrogen) atoms. The van der Waals surface area contributed by atoms with E-state index in [9.17, 15) is 19.8 Å². The Balaban J connectivity index is 1.58. The van der Waals surface area contributed by atoms with Crippen molar-refractivity contribution in [3.05, 3.63) is 21.7 Å². The standard InChI is InChI=1S/C28H41NO6S/c1-16-8-6-9-27(5)23(35-27)13-21(17(2)12-20-15-36-19(4)29-20)34-24(31)14-22(30)28(10-7-11-28)26(33)18(3)25(16)32/h12,15-16,18,21-23,25,30,32H,6-11,13-14H2,1-5H3/b17-12+/t16-,18-,21+,22-,23?,25+,27-/m0/s1. The zero-order valence-corrected chi connectivity index (χ0v) is 23.0. The Bertz CT molecular complexity index is 1000. The molecule has 0 radical (unpaired) electrons. The highest BCUT2D eigenvalue weighted by Crippen LogP contribution is 2.49. The number of fused-ring (bicyclic) bond motifs is 1. The van der Waals surface area contributed by atoms with E-state index in [-0.39, 0.29) is 29.8 Å². The second kappa shape index (κ2) is 10.6. The zero-order chi connectivity index (χ0) is 26.3. The molecular weight excluding hydrogens is 478 g/mol. The van der Waals surface area contributed by atoms with Crippen molar-refractivity contribution in [1.82, 2.24) is 4.98 Å². The Hall–Kier alpha value is -1.61. The Kier molecular flexibility index (Phi) is 8.10. The minimum Gasteiger partial charge on any atom is -0.458 e.